The maximum Gasteiger partial charge on any atom is 0.0853 e. The van der Waals surface area contributed by atoms with Crippen LogP contribution in [0.3, 0.4) is 0 Å². The van der Waals surface area contributed by atoms with Crippen molar-refractivity contribution in [1.29, 1.82) is 0 Å². The molecule has 0 radical (unpaired) electrons. The molecule has 3 heteroatoms. The Bertz CT molecular complexity index is 339. The van der Waals surface area contributed by atoms with E-state index in [2.05, 4.69) is 30.5 Å². The summed E-state index contributed by atoms with van der Waals surface area (Å²) < 4.78 is 1.90. The Morgan fingerprint density at radius 2 is 2.31 bits per heavy atom. The van der Waals surface area contributed by atoms with Crippen molar-refractivity contribution in [2.45, 2.75) is 52.0 Å². The average Bonchev–Trinajstić information content (AvgIpc) is 2.52. The number of hydrogen-bond donors (Lipinski definition) is 1. The van der Waals surface area contributed by atoms with E-state index in [1.165, 1.54) is 37.1 Å². The molecule has 1 fully saturated rings. The van der Waals surface area contributed by atoms with Crippen molar-refractivity contribution in [1.82, 2.24) is 9.78 Å². The van der Waals surface area contributed by atoms with Crippen LogP contribution < -0.4 is 5.32 Å². The number of rotatable bonds is 5. The van der Waals surface area contributed by atoms with Crippen molar-refractivity contribution >= 4 is 5.69 Å². The van der Waals surface area contributed by atoms with Gasteiger partial charge < -0.3 is 5.32 Å². The van der Waals surface area contributed by atoms with Crippen LogP contribution in [0.4, 0.5) is 5.69 Å². The fraction of sp³-hybridized carbons (Fsp3) is 0.769. The first-order valence-corrected chi connectivity index (χ1v) is 6.48. The minimum absolute atomic E-state index is 0.569. The normalized spacial score (nSPS) is 18.2. The minimum atomic E-state index is 0.569. The zero-order chi connectivity index (χ0) is 11.5. The molecule has 90 valence electrons. The molecule has 0 saturated heterocycles. The van der Waals surface area contributed by atoms with E-state index in [0.717, 1.165) is 12.3 Å². The maximum absolute atomic E-state index is 4.45. The molecule has 2 rings (SSSR count). The highest BCUT2D eigenvalue weighted by Gasteiger charge is 2.20. The summed E-state index contributed by atoms with van der Waals surface area (Å²) in [6.45, 7) is 4.44. The Morgan fingerprint density at radius 1 is 1.56 bits per heavy atom. The van der Waals surface area contributed by atoms with Gasteiger partial charge in [-0.2, -0.15) is 5.10 Å². The van der Waals surface area contributed by atoms with Crippen LogP contribution in [0.15, 0.2) is 6.20 Å². The largest absolute Gasteiger partial charge is 0.380 e. The van der Waals surface area contributed by atoms with Crippen LogP contribution in [0, 0.1) is 5.92 Å². The lowest BCUT2D eigenvalue weighted by atomic mass is 9.81. The zero-order valence-corrected chi connectivity index (χ0v) is 10.7. The smallest absolute Gasteiger partial charge is 0.0853 e. The molecule has 1 saturated carbocycles. The van der Waals surface area contributed by atoms with E-state index in [0.29, 0.717) is 6.04 Å². The van der Waals surface area contributed by atoms with Crippen molar-refractivity contribution in [3.05, 3.63) is 11.9 Å². The van der Waals surface area contributed by atoms with Gasteiger partial charge in [0, 0.05) is 19.3 Å². The molecule has 0 aliphatic heterocycles. The lowest BCUT2D eigenvalue weighted by Gasteiger charge is -2.28. The molecule has 1 unspecified atom stereocenters. The fourth-order valence-corrected chi connectivity index (χ4v) is 2.47. The van der Waals surface area contributed by atoms with Crippen LogP contribution in [0.5, 0.6) is 0 Å². The van der Waals surface area contributed by atoms with Gasteiger partial charge in [-0.05, 0) is 25.7 Å². The first-order chi connectivity index (χ1) is 7.69. The second kappa shape index (κ2) is 4.89. The predicted molar refractivity (Wildman–Crippen MR) is 67.6 cm³/mol. The summed E-state index contributed by atoms with van der Waals surface area (Å²) in [4.78, 5) is 0. The predicted octanol–water partition coefficient (Wildman–Crippen LogP) is 2.97. The number of nitrogens with zero attached hydrogens (tertiary/aromatic N) is 2. The Morgan fingerprint density at radius 3 is 2.88 bits per heavy atom. The number of hydrogen-bond acceptors (Lipinski definition) is 2. The van der Waals surface area contributed by atoms with Crippen LogP contribution in [-0.4, -0.2) is 15.8 Å². The van der Waals surface area contributed by atoms with Gasteiger partial charge >= 0.3 is 0 Å². The standard InChI is InChI=1S/C13H23N3/c1-4-12-13(9-16(3)15-12)14-10(2)8-11-6-5-7-11/h9-11,14H,4-8H2,1-3H3. The van der Waals surface area contributed by atoms with Crippen LogP contribution >= 0.6 is 0 Å². The molecular formula is C13H23N3. The molecule has 1 aromatic heterocycles. The second-order valence-electron chi connectivity index (χ2n) is 5.09. The number of anilines is 1. The van der Waals surface area contributed by atoms with Crippen LogP contribution in [0.25, 0.3) is 0 Å². The highest BCUT2D eigenvalue weighted by atomic mass is 15.3. The van der Waals surface area contributed by atoms with E-state index in [1.807, 2.05) is 11.7 Å². The zero-order valence-electron chi connectivity index (χ0n) is 10.7. The number of aryl methyl sites for hydroxylation is 2. The summed E-state index contributed by atoms with van der Waals surface area (Å²) in [5.74, 6) is 0.962. The highest BCUT2D eigenvalue weighted by molar-refractivity contribution is 5.47. The van der Waals surface area contributed by atoms with Crippen molar-refractivity contribution in [2.75, 3.05) is 5.32 Å². The average molecular weight is 221 g/mol. The number of aromatic nitrogens is 2. The van der Waals surface area contributed by atoms with Crippen LogP contribution in [0.1, 0.15) is 45.2 Å². The Labute approximate surface area is 98.2 Å². The molecule has 0 spiro atoms. The quantitative estimate of drug-likeness (QED) is 0.828. The van der Waals surface area contributed by atoms with Crippen molar-refractivity contribution < 1.29 is 0 Å². The van der Waals surface area contributed by atoms with Crippen molar-refractivity contribution in [2.24, 2.45) is 13.0 Å². The monoisotopic (exact) mass is 221 g/mol. The molecule has 1 heterocycles. The molecule has 1 aliphatic rings. The summed E-state index contributed by atoms with van der Waals surface area (Å²) in [5, 5.41) is 8.05. The molecule has 0 aromatic carbocycles. The lowest BCUT2D eigenvalue weighted by Crippen LogP contribution is -2.23. The van der Waals surface area contributed by atoms with Crippen LogP contribution in [0.2, 0.25) is 0 Å². The van der Waals surface area contributed by atoms with Gasteiger partial charge in [-0.25, -0.2) is 0 Å². The maximum atomic E-state index is 4.45. The molecule has 0 amide bonds. The third-order valence-electron chi connectivity index (χ3n) is 3.55. The second-order valence-corrected chi connectivity index (χ2v) is 5.09. The third kappa shape index (κ3) is 2.57. The Hall–Kier alpha value is -0.990. The molecule has 0 bridgehead atoms. The summed E-state index contributed by atoms with van der Waals surface area (Å²) >= 11 is 0. The van der Waals surface area contributed by atoms with Gasteiger partial charge in [0.1, 0.15) is 0 Å². The van der Waals surface area contributed by atoms with Crippen molar-refractivity contribution in [3.63, 3.8) is 0 Å². The minimum Gasteiger partial charge on any atom is -0.380 e. The van der Waals surface area contributed by atoms with E-state index >= 15 is 0 Å². The van der Waals surface area contributed by atoms with E-state index in [-0.39, 0.29) is 0 Å². The van der Waals surface area contributed by atoms with Crippen molar-refractivity contribution in [3.8, 4) is 0 Å². The fourth-order valence-electron chi connectivity index (χ4n) is 2.47. The molecule has 1 atom stereocenters. The van der Waals surface area contributed by atoms with Gasteiger partial charge in [-0.15, -0.1) is 0 Å². The summed E-state index contributed by atoms with van der Waals surface area (Å²) in [6.07, 6.45) is 8.69. The van der Waals surface area contributed by atoms with Gasteiger partial charge in [0.2, 0.25) is 0 Å². The molecule has 1 aromatic rings. The number of nitrogens with one attached hydrogen (secondary N) is 1. The topological polar surface area (TPSA) is 29.9 Å². The molecule has 1 aliphatic carbocycles. The highest BCUT2D eigenvalue weighted by Crippen LogP contribution is 2.31. The molecule has 16 heavy (non-hydrogen) atoms. The van der Waals surface area contributed by atoms with E-state index in [1.54, 1.807) is 0 Å². The molecule has 1 N–H and O–H groups in total. The Balaban J connectivity index is 1.90. The van der Waals surface area contributed by atoms with Gasteiger partial charge in [-0.3, -0.25) is 4.68 Å². The molecular weight excluding hydrogens is 198 g/mol. The Kier molecular flexibility index (Phi) is 3.52. The van der Waals surface area contributed by atoms with E-state index < -0.39 is 0 Å². The first kappa shape index (κ1) is 11.5. The SMILES string of the molecule is CCc1nn(C)cc1NC(C)CC1CCC1. The van der Waals surface area contributed by atoms with E-state index in [9.17, 15) is 0 Å². The van der Waals surface area contributed by atoms with Gasteiger partial charge in [-0.1, -0.05) is 26.2 Å². The summed E-state index contributed by atoms with van der Waals surface area (Å²) in [7, 11) is 1.99. The molecule has 3 nitrogen and oxygen atoms in total. The van der Waals surface area contributed by atoms with Crippen LogP contribution in [-0.2, 0) is 13.5 Å². The van der Waals surface area contributed by atoms with Gasteiger partial charge in [0.25, 0.3) is 0 Å². The third-order valence-corrected chi connectivity index (χ3v) is 3.55. The lowest BCUT2D eigenvalue weighted by molar-refractivity contribution is 0.286. The first-order valence-electron chi connectivity index (χ1n) is 6.48. The van der Waals surface area contributed by atoms with Gasteiger partial charge in [0.05, 0.1) is 11.4 Å². The summed E-state index contributed by atoms with van der Waals surface area (Å²) in [5.41, 5.74) is 2.40. The van der Waals surface area contributed by atoms with E-state index in [4.69, 9.17) is 0 Å². The summed E-state index contributed by atoms with van der Waals surface area (Å²) in [6, 6.07) is 0.569. The van der Waals surface area contributed by atoms with Gasteiger partial charge in [0.15, 0.2) is 0 Å².